The molecular formula is C24H27ClF3N3O. The Morgan fingerprint density at radius 3 is 2.56 bits per heavy atom. The van der Waals surface area contributed by atoms with Gasteiger partial charge in [0.15, 0.2) is 0 Å². The van der Waals surface area contributed by atoms with Gasteiger partial charge in [0.2, 0.25) is 5.91 Å². The maximum absolute atomic E-state index is 13.3. The molecule has 0 aliphatic carbocycles. The minimum Gasteiger partial charge on any atom is -0.368 e. The summed E-state index contributed by atoms with van der Waals surface area (Å²) in [4.78, 5) is 17.5. The van der Waals surface area contributed by atoms with E-state index in [1.54, 1.807) is 6.07 Å². The molecule has 0 spiro atoms. The average Bonchev–Trinajstić information content (AvgIpc) is 2.77. The van der Waals surface area contributed by atoms with Crippen LogP contribution in [0.4, 0.5) is 24.5 Å². The summed E-state index contributed by atoms with van der Waals surface area (Å²) >= 11 is 6.03. The van der Waals surface area contributed by atoms with Gasteiger partial charge in [0.25, 0.3) is 0 Å². The predicted molar refractivity (Wildman–Crippen MR) is 121 cm³/mol. The minimum absolute atomic E-state index is 0.00909. The third kappa shape index (κ3) is 4.53. The zero-order valence-corrected chi connectivity index (χ0v) is 18.9. The number of halogens is 4. The van der Waals surface area contributed by atoms with Gasteiger partial charge in [0.1, 0.15) is 0 Å². The fraction of sp³-hybridized carbons (Fsp3) is 0.458. The molecule has 1 fully saturated rings. The van der Waals surface area contributed by atoms with Crippen LogP contribution in [-0.2, 0) is 17.4 Å². The van der Waals surface area contributed by atoms with Crippen molar-refractivity contribution in [3.8, 4) is 0 Å². The largest absolute Gasteiger partial charge is 0.416 e. The standard InChI is InChI=1S/C24H27ClF3N3O/c1-3-15(2)29-23(32)20-13-16-12-17(24(26,27)28)4-9-21(16)31-11-10-30(14-22(20)31)19-7-5-18(25)6-8-19/h4-9,12,15,20,22H,3,10-11,13-14H2,1-2H3,(H,29,32)/t15-,20+,22+/m1/s1. The highest BCUT2D eigenvalue weighted by atomic mass is 35.5. The number of carbonyl (C=O) groups is 1. The van der Waals surface area contributed by atoms with Crippen molar-refractivity contribution < 1.29 is 18.0 Å². The van der Waals surface area contributed by atoms with Crippen molar-refractivity contribution in [3.63, 3.8) is 0 Å². The highest BCUT2D eigenvalue weighted by molar-refractivity contribution is 6.30. The third-order valence-electron chi connectivity index (χ3n) is 6.57. The van der Waals surface area contributed by atoms with Gasteiger partial charge in [-0.05, 0) is 67.8 Å². The Morgan fingerprint density at radius 2 is 1.91 bits per heavy atom. The maximum atomic E-state index is 13.3. The van der Waals surface area contributed by atoms with E-state index in [2.05, 4.69) is 15.1 Å². The smallest absolute Gasteiger partial charge is 0.368 e. The SMILES string of the molecule is CC[C@@H](C)NC(=O)[C@H]1Cc2cc(C(F)(F)F)ccc2N2CCN(c3ccc(Cl)cc3)C[C@@H]12. The number of benzene rings is 2. The number of carbonyl (C=O) groups excluding carboxylic acids is 1. The van der Waals surface area contributed by atoms with Crippen molar-refractivity contribution in [2.45, 2.75) is 44.9 Å². The van der Waals surface area contributed by atoms with Crippen LogP contribution in [0, 0.1) is 5.92 Å². The van der Waals surface area contributed by atoms with E-state index in [9.17, 15) is 18.0 Å². The Morgan fingerprint density at radius 1 is 1.19 bits per heavy atom. The third-order valence-corrected chi connectivity index (χ3v) is 6.82. The van der Waals surface area contributed by atoms with Crippen molar-refractivity contribution in [2.24, 2.45) is 5.92 Å². The Balaban J connectivity index is 1.67. The molecule has 1 amide bonds. The van der Waals surface area contributed by atoms with E-state index in [4.69, 9.17) is 11.6 Å². The number of rotatable bonds is 4. The Kier molecular flexibility index (Phi) is 6.30. The summed E-state index contributed by atoms with van der Waals surface area (Å²) in [6.07, 6.45) is -3.33. The molecule has 2 aromatic rings. The summed E-state index contributed by atoms with van der Waals surface area (Å²) < 4.78 is 40.0. The highest BCUT2D eigenvalue weighted by Gasteiger charge is 2.43. The van der Waals surface area contributed by atoms with Gasteiger partial charge in [-0.25, -0.2) is 0 Å². The second-order valence-electron chi connectivity index (χ2n) is 8.65. The molecule has 2 heterocycles. The maximum Gasteiger partial charge on any atom is 0.416 e. The Hall–Kier alpha value is -2.41. The summed E-state index contributed by atoms with van der Waals surface area (Å²) in [5, 5.41) is 3.70. The van der Waals surface area contributed by atoms with E-state index in [-0.39, 0.29) is 24.4 Å². The molecule has 32 heavy (non-hydrogen) atoms. The highest BCUT2D eigenvalue weighted by Crippen LogP contribution is 2.40. The summed E-state index contributed by atoms with van der Waals surface area (Å²) in [5.74, 6) is -0.537. The molecule has 0 unspecified atom stereocenters. The van der Waals surface area contributed by atoms with Crippen LogP contribution in [0.1, 0.15) is 31.4 Å². The fourth-order valence-electron chi connectivity index (χ4n) is 4.64. The van der Waals surface area contributed by atoms with Crippen LogP contribution < -0.4 is 15.1 Å². The van der Waals surface area contributed by atoms with Gasteiger partial charge in [-0.2, -0.15) is 13.2 Å². The van der Waals surface area contributed by atoms with Gasteiger partial charge in [0, 0.05) is 42.1 Å². The van der Waals surface area contributed by atoms with Crippen LogP contribution in [0.15, 0.2) is 42.5 Å². The summed E-state index contributed by atoms with van der Waals surface area (Å²) in [6.45, 7) is 5.87. The summed E-state index contributed by atoms with van der Waals surface area (Å²) in [7, 11) is 0. The second kappa shape index (κ2) is 8.85. The van der Waals surface area contributed by atoms with Crippen molar-refractivity contribution in [3.05, 3.63) is 58.6 Å². The van der Waals surface area contributed by atoms with Crippen LogP contribution in [0.2, 0.25) is 5.02 Å². The molecule has 2 aliphatic rings. The number of piperazine rings is 1. The van der Waals surface area contributed by atoms with Crippen LogP contribution >= 0.6 is 11.6 Å². The van der Waals surface area contributed by atoms with Crippen molar-refractivity contribution in [2.75, 3.05) is 29.4 Å². The molecule has 1 saturated heterocycles. The summed E-state index contributed by atoms with van der Waals surface area (Å²) in [6, 6.07) is 11.4. The number of anilines is 2. The monoisotopic (exact) mass is 465 g/mol. The van der Waals surface area contributed by atoms with Gasteiger partial charge in [-0.3, -0.25) is 4.79 Å². The second-order valence-corrected chi connectivity index (χ2v) is 9.09. The van der Waals surface area contributed by atoms with Gasteiger partial charge in [0.05, 0.1) is 17.5 Å². The lowest BCUT2D eigenvalue weighted by Crippen LogP contribution is -2.61. The lowest BCUT2D eigenvalue weighted by Gasteiger charge is -2.50. The lowest BCUT2D eigenvalue weighted by atomic mass is 9.82. The molecule has 8 heteroatoms. The van der Waals surface area contributed by atoms with Crippen molar-refractivity contribution >= 4 is 28.9 Å². The predicted octanol–water partition coefficient (Wildman–Crippen LogP) is 5.14. The zero-order chi connectivity index (χ0) is 23.0. The van der Waals surface area contributed by atoms with E-state index >= 15 is 0 Å². The van der Waals surface area contributed by atoms with Gasteiger partial charge in [-0.15, -0.1) is 0 Å². The molecule has 3 atom stereocenters. The number of nitrogens with zero attached hydrogens (tertiary/aromatic N) is 2. The molecular weight excluding hydrogens is 439 g/mol. The number of alkyl halides is 3. The van der Waals surface area contributed by atoms with E-state index in [0.717, 1.165) is 23.9 Å². The topological polar surface area (TPSA) is 35.6 Å². The fourth-order valence-corrected chi connectivity index (χ4v) is 4.76. The Bertz CT molecular complexity index is 979. The van der Waals surface area contributed by atoms with E-state index in [1.807, 2.05) is 38.1 Å². The van der Waals surface area contributed by atoms with Crippen LogP contribution in [0.5, 0.6) is 0 Å². The number of amides is 1. The first-order chi connectivity index (χ1) is 15.2. The number of hydrogen-bond acceptors (Lipinski definition) is 3. The first kappa shape index (κ1) is 22.8. The molecule has 0 bridgehead atoms. The van der Waals surface area contributed by atoms with Crippen molar-refractivity contribution in [1.29, 1.82) is 0 Å². The lowest BCUT2D eigenvalue weighted by molar-refractivity contribution is -0.137. The van der Waals surface area contributed by atoms with Crippen LogP contribution in [0.25, 0.3) is 0 Å². The number of nitrogens with one attached hydrogen (secondary N) is 1. The molecule has 2 aliphatic heterocycles. The molecule has 4 nitrogen and oxygen atoms in total. The number of fused-ring (bicyclic) bond motifs is 3. The first-order valence-corrected chi connectivity index (χ1v) is 11.3. The average molecular weight is 466 g/mol. The van der Waals surface area contributed by atoms with E-state index in [1.165, 1.54) is 6.07 Å². The molecule has 1 N–H and O–H groups in total. The quantitative estimate of drug-likeness (QED) is 0.679. The minimum atomic E-state index is -4.41. The van der Waals surface area contributed by atoms with Crippen LogP contribution in [0.3, 0.4) is 0 Å². The first-order valence-electron chi connectivity index (χ1n) is 10.9. The van der Waals surface area contributed by atoms with Crippen molar-refractivity contribution in [1.82, 2.24) is 5.32 Å². The molecule has 0 aromatic heterocycles. The van der Waals surface area contributed by atoms with E-state index in [0.29, 0.717) is 30.2 Å². The Labute approximate surface area is 191 Å². The molecule has 0 radical (unpaired) electrons. The van der Waals surface area contributed by atoms with Gasteiger partial charge in [-0.1, -0.05) is 18.5 Å². The van der Waals surface area contributed by atoms with Crippen LogP contribution in [-0.4, -0.2) is 37.6 Å². The van der Waals surface area contributed by atoms with Gasteiger partial charge >= 0.3 is 6.18 Å². The molecule has 4 rings (SSSR count). The zero-order valence-electron chi connectivity index (χ0n) is 18.1. The van der Waals surface area contributed by atoms with E-state index < -0.39 is 17.7 Å². The normalized spacial score (nSPS) is 21.6. The molecule has 2 aromatic carbocycles. The molecule has 172 valence electrons. The summed E-state index contributed by atoms with van der Waals surface area (Å²) in [5.41, 5.74) is 1.73. The number of hydrogen-bond donors (Lipinski definition) is 1. The molecule has 0 saturated carbocycles. The van der Waals surface area contributed by atoms with Gasteiger partial charge < -0.3 is 15.1 Å².